The minimum absolute atomic E-state index is 0.117. The van der Waals surface area contributed by atoms with Gasteiger partial charge in [-0.1, -0.05) is 0 Å². The van der Waals surface area contributed by atoms with Crippen molar-refractivity contribution < 1.29 is 13.5 Å². The Kier molecular flexibility index (Phi) is 6.89. The fourth-order valence-electron chi connectivity index (χ4n) is 3.23. The van der Waals surface area contributed by atoms with Gasteiger partial charge in [-0.25, -0.2) is 18.7 Å². The molecule has 0 unspecified atom stereocenters. The molecule has 0 saturated carbocycles. The van der Waals surface area contributed by atoms with Crippen molar-refractivity contribution in [3.8, 4) is 28.3 Å². The Labute approximate surface area is 193 Å². The third kappa shape index (κ3) is 4.98. The molecule has 0 aliphatic rings. The first-order valence-electron chi connectivity index (χ1n) is 9.82. The first kappa shape index (κ1) is 22.3. The zero-order valence-corrected chi connectivity index (χ0v) is 18.4. The molecule has 2 aromatic carbocycles. The summed E-state index contributed by atoms with van der Waals surface area (Å²) in [5.41, 5.74) is 1.82. The van der Waals surface area contributed by atoms with Crippen molar-refractivity contribution >= 4 is 35.2 Å². The molecular weight excluding hydrogens is 444 g/mol. The summed E-state index contributed by atoms with van der Waals surface area (Å²) in [7, 11) is 1.50. The monoisotopic (exact) mass is 463 g/mol. The Morgan fingerprint density at radius 3 is 2.79 bits per heavy atom. The Hall–Kier alpha value is -3.85. The number of thioether (sulfide) groups is 1. The van der Waals surface area contributed by atoms with Crippen LogP contribution in [-0.4, -0.2) is 34.7 Å². The molecule has 2 aromatic heterocycles. The van der Waals surface area contributed by atoms with E-state index >= 15 is 0 Å². The van der Waals surface area contributed by atoms with Crippen LogP contribution in [0.3, 0.4) is 0 Å². The minimum Gasteiger partial charge on any atom is -0.494 e. The summed E-state index contributed by atoms with van der Waals surface area (Å²) in [6.45, 7) is 3.41. The summed E-state index contributed by atoms with van der Waals surface area (Å²) in [6.07, 6.45) is 4.92. The quantitative estimate of drug-likeness (QED) is 0.199. The number of hydrogen-bond acceptors (Lipinski definition) is 7. The highest BCUT2D eigenvalue weighted by atomic mass is 32.2. The minimum atomic E-state index is -0.544. The number of ether oxygens (including phenoxy) is 1. The molecule has 0 bridgehead atoms. The van der Waals surface area contributed by atoms with Crippen molar-refractivity contribution in [2.24, 2.45) is 4.99 Å². The van der Waals surface area contributed by atoms with Crippen molar-refractivity contribution in [2.75, 3.05) is 18.3 Å². The van der Waals surface area contributed by atoms with Crippen molar-refractivity contribution in [1.29, 1.82) is 0 Å². The van der Waals surface area contributed by atoms with Crippen LogP contribution < -0.4 is 10.1 Å². The van der Waals surface area contributed by atoms with Crippen LogP contribution in [0.5, 0.6) is 5.75 Å². The van der Waals surface area contributed by atoms with E-state index in [9.17, 15) is 8.78 Å². The Morgan fingerprint density at radius 1 is 1.15 bits per heavy atom. The van der Waals surface area contributed by atoms with Gasteiger partial charge in [0.15, 0.2) is 5.82 Å². The van der Waals surface area contributed by atoms with Gasteiger partial charge in [0.25, 0.3) is 0 Å². The second-order valence-electron chi connectivity index (χ2n) is 6.79. The molecule has 0 fully saturated rings. The normalized spacial score (nSPS) is 11.1. The Balaban J connectivity index is 1.90. The van der Waals surface area contributed by atoms with E-state index in [2.05, 4.69) is 32.0 Å². The molecule has 4 aromatic rings. The largest absolute Gasteiger partial charge is 0.494 e. The molecule has 0 atom stereocenters. The lowest BCUT2D eigenvalue weighted by atomic mass is 10.0. The number of anilines is 1. The van der Waals surface area contributed by atoms with Crippen molar-refractivity contribution in [1.82, 2.24) is 15.0 Å². The van der Waals surface area contributed by atoms with Crippen LogP contribution in [0.25, 0.3) is 33.4 Å². The van der Waals surface area contributed by atoms with Gasteiger partial charge in [0.1, 0.15) is 28.7 Å². The van der Waals surface area contributed by atoms with E-state index in [1.54, 1.807) is 42.2 Å². The predicted octanol–water partition coefficient (Wildman–Crippen LogP) is 5.92. The predicted molar refractivity (Wildman–Crippen MR) is 129 cm³/mol. The van der Waals surface area contributed by atoms with Crippen molar-refractivity contribution in [3.05, 3.63) is 78.1 Å². The number of fused-ring (bicyclic) bond motifs is 1. The number of nitrogens with zero attached hydrogens (tertiary/aromatic N) is 4. The summed E-state index contributed by atoms with van der Waals surface area (Å²) in [4.78, 5) is 17.2. The molecule has 0 aliphatic heterocycles. The first-order valence-corrected chi connectivity index (χ1v) is 10.9. The van der Waals surface area contributed by atoms with E-state index in [1.807, 2.05) is 6.07 Å². The number of rotatable bonds is 8. The second-order valence-corrected chi connectivity index (χ2v) is 7.69. The standard InChI is InChI=1S/C24H19F2N5OS/c1-27-8-9-33-14-29-24-19-10-16(18-12-17(25)5-6-20(18)26)11-21(32-2)22(19)30-23(31-24)15-4-3-7-28-13-15/h3-13H,1,14H2,2H3,(H,29,30,31)/b9-8-. The summed E-state index contributed by atoms with van der Waals surface area (Å²) in [5, 5.41) is 5.66. The molecule has 6 nitrogen and oxygen atoms in total. The molecule has 2 heterocycles. The van der Waals surface area contributed by atoms with E-state index in [0.29, 0.717) is 39.7 Å². The van der Waals surface area contributed by atoms with E-state index in [-0.39, 0.29) is 5.56 Å². The molecule has 166 valence electrons. The molecule has 9 heteroatoms. The van der Waals surface area contributed by atoms with Crippen LogP contribution in [-0.2, 0) is 0 Å². The van der Waals surface area contributed by atoms with Gasteiger partial charge in [-0.2, -0.15) is 0 Å². The van der Waals surface area contributed by atoms with Crippen molar-refractivity contribution in [2.45, 2.75) is 0 Å². The lowest BCUT2D eigenvalue weighted by Gasteiger charge is -2.15. The molecule has 0 saturated heterocycles. The molecule has 0 spiro atoms. The molecular formula is C24H19F2N5OS. The molecule has 0 radical (unpaired) electrons. The van der Waals surface area contributed by atoms with E-state index in [1.165, 1.54) is 18.9 Å². The fourth-order valence-corrected chi connectivity index (χ4v) is 3.72. The third-order valence-electron chi connectivity index (χ3n) is 4.73. The maximum absolute atomic E-state index is 14.5. The second kappa shape index (κ2) is 10.2. The zero-order chi connectivity index (χ0) is 23.2. The maximum Gasteiger partial charge on any atom is 0.163 e. The average Bonchev–Trinajstić information content (AvgIpc) is 2.85. The van der Waals surface area contributed by atoms with Gasteiger partial charge in [0.05, 0.1) is 13.0 Å². The van der Waals surface area contributed by atoms with E-state index < -0.39 is 11.6 Å². The van der Waals surface area contributed by atoms with E-state index in [0.717, 1.165) is 23.8 Å². The van der Waals surface area contributed by atoms with Crippen molar-refractivity contribution in [3.63, 3.8) is 0 Å². The summed E-state index contributed by atoms with van der Waals surface area (Å²) in [5.74, 6) is 0.775. The number of aromatic nitrogens is 3. The highest BCUT2D eigenvalue weighted by Crippen LogP contribution is 2.37. The summed E-state index contributed by atoms with van der Waals surface area (Å²) < 4.78 is 33.9. The highest BCUT2D eigenvalue weighted by Gasteiger charge is 2.17. The molecule has 33 heavy (non-hydrogen) atoms. The molecule has 0 aliphatic carbocycles. The number of benzene rings is 2. The van der Waals surface area contributed by atoms with Gasteiger partial charge in [-0.15, -0.1) is 11.8 Å². The molecule has 1 N–H and O–H groups in total. The number of pyridine rings is 1. The number of methoxy groups -OCH3 is 1. The van der Waals surface area contributed by atoms with Crippen LogP contribution in [0, 0.1) is 11.6 Å². The molecule has 0 amide bonds. The smallest absolute Gasteiger partial charge is 0.163 e. The van der Waals surface area contributed by atoms with Crippen LogP contribution in [0.4, 0.5) is 14.6 Å². The van der Waals surface area contributed by atoms with Gasteiger partial charge in [0, 0.05) is 35.1 Å². The topological polar surface area (TPSA) is 72.3 Å². The third-order valence-corrected chi connectivity index (χ3v) is 5.36. The number of hydrogen-bond donors (Lipinski definition) is 1. The Morgan fingerprint density at radius 2 is 2.03 bits per heavy atom. The fraction of sp³-hybridized carbons (Fsp3) is 0.0833. The molecule has 4 rings (SSSR count). The highest BCUT2D eigenvalue weighted by molar-refractivity contribution is 8.02. The average molecular weight is 464 g/mol. The van der Waals surface area contributed by atoms with E-state index in [4.69, 9.17) is 4.74 Å². The number of aliphatic imine (C=N–C) groups is 1. The number of nitrogens with one attached hydrogen (secondary N) is 1. The van der Waals surface area contributed by atoms with Gasteiger partial charge in [-0.3, -0.25) is 9.98 Å². The zero-order valence-electron chi connectivity index (χ0n) is 17.6. The van der Waals surface area contributed by atoms with Gasteiger partial charge >= 0.3 is 0 Å². The summed E-state index contributed by atoms with van der Waals surface area (Å²) >= 11 is 1.46. The SMILES string of the molecule is C=N/C=C\SCNc1nc(-c2cccnc2)nc2c(OC)cc(-c3cc(F)ccc3F)cc12. The number of halogens is 2. The lowest BCUT2D eigenvalue weighted by Crippen LogP contribution is -2.04. The van der Waals surface area contributed by atoms with Gasteiger partial charge in [-0.05, 0) is 60.2 Å². The summed E-state index contributed by atoms with van der Waals surface area (Å²) in [6, 6.07) is 10.3. The maximum atomic E-state index is 14.5. The lowest BCUT2D eigenvalue weighted by molar-refractivity contribution is 0.419. The van der Waals surface area contributed by atoms with Crippen LogP contribution in [0.15, 0.2) is 71.5 Å². The van der Waals surface area contributed by atoms with Gasteiger partial charge in [0.2, 0.25) is 0 Å². The first-order chi connectivity index (χ1) is 16.1. The van der Waals surface area contributed by atoms with Crippen LogP contribution in [0.1, 0.15) is 0 Å². The Bertz CT molecular complexity index is 1330. The van der Waals surface area contributed by atoms with Gasteiger partial charge < -0.3 is 10.1 Å². The van der Waals surface area contributed by atoms with Crippen LogP contribution in [0.2, 0.25) is 0 Å². The van der Waals surface area contributed by atoms with Crippen LogP contribution >= 0.6 is 11.8 Å².